The molecule has 0 saturated heterocycles. The molecule has 0 radical (unpaired) electrons. The zero-order chi connectivity index (χ0) is 10.1. The van der Waals surface area contributed by atoms with Gasteiger partial charge in [-0.3, -0.25) is 14.3 Å². The van der Waals surface area contributed by atoms with E-state index >= 15 is 0 Å². The van der Waals surface area contributed by atoms with Crippen molar-refractivity contribution in [2.75, 3.05) is 0 Å². The van der Waals surface area contributed by atoms with Crippen molar-refractivity contribution in [3.8, 4) is 6.07 Å². The number of H-pyrrole nitrogens is 1. The third-order valence-corrected chi connectivity index (χ3v) is 2.56. The second kappa shape index (κ2) is 3.14. The summed E-state index contributed by atoms with van der Waals surface area (Å²) in [4.78, 5) is 24.5. The first-order valence-electron chi connectivity index (χ1n) is 4.48. The van der Waals surface area contributed by atoms with E-state index in [1.165, 1.54) is 10.8 Å². The van der Waals surface area contributed by atoms with Crippen molar-refractivity contribution >= 4 is 0 Å². The summed E-state index contributed by atoms with van der Waals surface area (Å²) < 4.78 is 1.45. The van der Waals surface area contributed by atoms with Crippen LogP contribution >= 0.6 is 0 Å². The molecule has 0 atom stereocenters. The van der Waals surface area contributed by atoms with Crippen molar-refractivity contribution in [1.82, 2.24) is 9.55 Å². The SMILES string of the molecule is N#Cc1cn(C2CCC2)c(=O)[nH]c1=O. The van der Waals surface area contributed by atoms with E-state index < -0.39 is 11.2 Å². The van der Waals surface area contributed by atoms with E-state index in [1.54, 1.807) is 6.07 Å². The normalized spacial score (nSPS) is 15.9. The van der Waals surface area contributed by atoms with Crippen LogP contribution in [0, 0.1) is 11.3 Å². The Morgan fingerprint density at radius 3 is 2.71 bits per heavy atom. The minimum Gasteiger partial charge on any atom is -0.296 e. The molecule has 1 fully saturated rings. The topological polar surface area (TPSA) is 78.7 Å². The fourth-order valence-electron chi connectivity index (χ4n) is 1.50. The van der Waals surface area contributed by atoms with Gasteiger partial charge in [-0.15, -0.1) is 0 Å². The second-order valence-corrected chi connectivity index (χ2v) is 3.41. The molecular weight excluding hydrogens is 182 g/mol. The van der Waals surface area contributed by atoms with E-state index in [4.69, 9.17) is 5.26 Å². The van der Waals surface area contributed by atoms with Crippen LogP contribution < -0.4 is 11.2 Å². The number of nitrogens with one attached hydrogen (secondary N) is 1. The Labute approximate surface area is 79.6 Å². The molecule has 1 aliphatic carbocycles. The van der Waals surface area contributed by atoms with Crippen LogP contribution in [0.3, 0.4) is 0 Å². The molecule has 14 heavy (non-hydrogen) atoms. The lowest BCUT2D eigenvalue weighted by Crippen LogP contribution is -2.35. The van der Waals surface area contributed by atoms with Gasteiger partial charge in [0.05, 0.1) is 0 Å². The number of aromatic nitrogens is 2. The van der Waals surface area contributed by atoms with E-state index in [-0.39, 0.29) is 11.6 Å². The van der Waals surface area contributed by atoms with Crippen molar-refractivity contribution in [2.45, 2.75) is 25.3 Å². The number of hydrogen-bond acceptors (Lipinski definition) is 3. The second-order valence-electron chi connectivity index (χ2n) is 3.41. The van der Waals surface area contributed by atoms with Gasteiger partial charge >= 0.3 is 5.69 Å². The summed E-state index contributed by atoms with van der Waals surface area (Å²) in [6, 6.07) is 1.92. The van der Waals surface area contributed by atoms with Crippen LogP contribution in [0.2, 0.25) is 0 Å². The predicted octanol–water partition coefficient (Wildman–Crippen LogP) is 0.133. The smallest absolute Gasteiger partial charge is 0.296 e. The average Bonchev–Trinajstić information content (AvgIpc) is 2.06. The largest absolute Gasteiger partial charge is 0.328 e. The third-order valence-electron chi connectivity index (χ3n) is 2.56. The monoisotopic (exact) mass is 191 g/mol. The maximum absolute atomic E-state index is 11.3. The molecular formula is C9H9N3O2. The fourth-order valence-corrected chi connectivity index (χ4v) is 1.50. The maximum atomic E-state index is 11.3. The van der Waals surface area contributed by atoms with Crippen LogP contribution in [0.4, 0.5) is 0 Å². The highest BCUT2D eigenvalue weighted by Crippen LogP contribution is 2.29. The molecule has 5 nitrogen and oxygen atoms in total. The average molecular weight is 191 g/mol. The molecule has 1 aromatic heterocycles. The van der Waals surface area contributed by atoms with Crippen LogP contribution in [0.5, 0.6) is 0 Å². The lowest BCUT2D eigenvalue weighted by Gasteiger charge is -2.26. The van der Waals surface area contributed by atoms with E-state index in [0.717, 1.165) is 19.3 Å². The highest BCUT2D eigenvalue weighted by Gasteiger charge is 2.21. The van der Waals surface area contributed by atoms with E-state index in [9.17, 15) is 9.59 Å². The Morgan fingerprint density at radius 2 is 2.21 bits per heavy atom. The van der Waals surface area contributed by atoms with Gasteiger partial charge in [-0.05, 0) is 19.3 Å². The Kier molecular flexibility index (Phi) is 1.97. The standard InChI is InChI=1S/C9H9N3O2/c10-4-6-5-12(7-2-1-3-7)9(14)11-8(6)13/h5,7H,1-3H2,(H,11,13,14). The summed E-state index contributed by atoms with van der Waals surface area (Å²) in [5, 5.41) is 8.62. The molecule has 1 aliphatic rings. The molecule has 0 unspecified atom stereocenters. The zero-order valence-electron chi connectivity index (χ0n) is 7.49. The number of hydrogen-bond donors (Lipinski definition) is 1. The number of rotatable bonds is 1. The maximum Gasteiger partial charge on any atom is 0.328 e. The minimum absolute atomic E-state index is 0.00324. The lowest BCUT2D eigenvalue weighted by molar-refractivity contribution is 0.302. The van der Waals surface area contributed by atoms with Gasteiger partial charge in [-0.2, -0.15) is 5.26 Å². The van der Waals surface area contributed by atoms with Crippen LogP contribution in [-0.2, 0) is 0 Å². The summed E-state index contributed by atoms with van der Waals surface area (Å²) in [6.45, 7) is 0. The van der Waals surface area contributed by atoms with E-state index in [2.05, 4.69) is 4.98 Å². The molecule has 0 aliphatic heterocycles. The first-order valence-corrected chi connectivity index (χ1v) is 4.48. The first kappa shape index (κ1) is 8.75. The van der Waals surface area contributed by atoms with Crippen molar-refractivity contribution in [1.29, 1.82) is 5.26 Å². The molecule has 72 valence electrons. The molecule has 0 amide bonds. The molecule has 0 bridgehead atoms. The van der Waals surface area contributed by atoms with Gasteiger partial charge in [0.2, 0.25) is 0 Å². The van der Waals surface area contributed by atoms with Crippen molar-refractivity contribution in [3.05, 3.63) is 32.6 Å². The molecule has 1 aromatic rings. The Hall–Kier alpha value is -1.83. The summed E-state index contributed by atoms with van der Waals surface area (Å²) >= 11 is 0. The first-order chi connectivity index (χ1) is 6.72. The van der Waals surface area contributed by atoms with Gasteiger partial charge in [-0.25, -0.2) is 4.79 Å². The van der Waals surface area contributed by atoms with Gasteiger partial charge < -0.3 is 0 Å². The summed E-state index contributed by atoms with van der Waals surface area (Å²) in [5.41, 5.74) is -1.02. The van der Waals surface area contributed by atoms with Crippen LogP contribution in [0.1, 0.15) is 30.9 Å². The molecule has 5 heteroatoms. The highest BCUT2D eigenvalue weighted by atomic mass is 16.2. The van der Waals surface area contributed by atoms with Gasteiger partial charge in [0.15, 0.2) is 0 Å². The summed E-state index contributed by atoms with van der Waals surface area (Å²) in [5.74, 6) is 0. The number of nitriles is 1. The zero-order valence-corrected chi connectivity index (χ0v) is 7.49. The Bertz CT molecular complexity index is 502. The van der Waals surface area contributed by atoms with Gasteiger partial charge in [0, 0.05) is 12.2 Å². The Morgan fingerprint density at radius 1 is 1.50 bits per heavy atom. The van der Waals surface area contributed by atoms with E-state index in [1.807, 2.05) is 0 Å². The highest BCUT2D eigenvalue weighted by molar-refractivity contribution is 5.22. The van der Waals surface area contributed by atoms with Gasteiger partial charge in [-0.1, -0.05) is 0 Å². The fraction of sp³-hybridized carbons (Fsp3) is 0.444. The molecule has 0 spiro atoms. The summed E-state index contributed by atoms with van der Waals surface area (Å²) in [7, 11) is 0. The molecule has 0 aromatic carbocycles. The van der Waals surface area contributed by atoms with Gasteiger partial charge in [0.25, 0.3) is 5.56 Å². The number of aromatic amines is 1. The van der Waals surface area contributed by atoms with Gasteiger partial charge in [0.1, 0.15) is 11.6 Å². The van der Waals surface area contributed by atoms with Crippen molar-refractivity contribution in [2.24, 2.45) is 0 Å². The molecule has 2 rings (SSSR count). The predicted molar refractivity (Wildman–Crippen MR) is 48.9 cm³/mol. The van der Waals surface area contributed by atoms with Crippen LogP contribution in [0.25, 0.3) is 0 Å². The van der Waals surface area contributed by atoms with Crippen molar-refractivity contribution < 1.29 is 0 Å². The van der Waals surface area contributed by atoms with Crippen molar-refractivity contribution in [3.63, 3.8) is 0 Å². The van der Waals surface area contributed by atoms with E-state index in [0.29, 0.717) is 0 Å². The lowest BCUT2D eigenvalue weighted by atomic mass is 9.93. The minimum atomic E-state index is -0.604. The quantitative estimate of drug-likeness (QED) is 0.685. The molecule has 1 N–H and O–H groups in total. The van der Waals surface area contributed by atoms with Crippen LogP contribution in [-0.4, -0.2) is 9.55 Å². The summed E-state index contributed by atoms with van der Waals surface area (Å²) in [6.07, 6.45) is 4.33. The molecule has 1 heterocycles. The Balaban J connectivity index is 2.56. The molecule has 1 saturated carbocycles. The van der Waals surface area contributed by atoms with Crippen LogP contribution in [0.15, 0.2) is 15.8 Å². The number of nitrogens with zero attached hydrogens (tertiary/aromatic N) is 2. The third kappa shape index (κ3) is 1.25.